The predicted octanol–water partition coefficient (Wildman–Crippen LogP) is 1.81. The minimum atomic E-state index is -0.0695. The summed E-state index contributed by atoms with van der Waals surface area (Å²) in [6.07, 6.45) is 0.700. The zero-order valence-corrected chi connectivity index (χ0v) is 13.3. The average molecular weight is 327 g/mol. The summed E-state index contributed by atoms with van der Waals surface area (Å²) >= 11 is 0. The molecule has 1 aromatic heterocycles. The average Bonchev–Trinajstić information content (AvgIpc) is 3.24. The number of rotatable bonds is 3. The Kier molecular flexibility index (Phi) is 3.68. The van der Waals surface area contributed by atoms with E-state index in [1.54, 1.807) is 29.2 Å². The van der Waals surface area contributed by atoms with Crippen LogP contribution in [0.4, 0.5) is 0 Å². The molecule has 7 heteroatoms. The van der Waals surface area contributed by atoms with Crippen molar-refractivity contribution in [1.29, 1.82) is 0 Å². The number of aromatic nitrogens is 2. The van der Waals surface area contributed by atoms with E-state index in [2.05, 4.69) is 10.2 Å². The Bertz CT molecular complexity index is 763. The monoisotopic (exact) mass is 327 g/mol. The van der Waals surface area contributed by atoms with Gasteiger partial charge in [-0.3, -0.25) is 4.79 Å². The third-order valence-electron chi connectivity index (χ3n) is 4.11. The fraction of sp³-hybridized carbons (Fsp3) is 0.353. The normalized spacial score (nSPS) is 18.7. The summed E-state index contributed by atoms with van der Waals surface area (Å²) in [6, 6.07) is 8.90. The number of carbonyl (C=O) groups is 1. The summed E-state index contributed by atoms with van der Waals surface area (Å²) in [5.41, 5.74) is 1.43. The molecule has 0 spiro atoms. The van der Waals surface area contributed by atoms with Crippen molar-refractivity contribution in [3.63, 3.8) is 0 Å². The lowest BCUT2D eigenvalue weighted by Crippen LogP contribution is -2.31. The van der Waals surface area contributed by atoms with E-state index in [4.69, 9.17) is 14.2 Å². The minimum absolute atomic E-state index is 0.0330. The molecule has 1 saturated heterocycles. The summed E-state index contributed by atoms with van der Waals surface area (Å²) in [6.45, 7) is 3.25. The second-order valence-corrected chi connectivity index (χ2v) is 5.86. The number of nitrogens with zero attached hydrogens (tertiary/aromatic N) is 3. The van der Waals surface area contributed by atoms with Gasteiger partial charge in [0.15, 0.2) is 11.5 Å². The van der Waals surface area contributed by atoms with Gasteiger partial charge in [-0.05, 0) is 31.2 Å². The van der Waals surface area contributed by atoms with Crippen LogP contribution in [0.25, 0.3) is 0 Å². The number of benzene rings is 1. The molecule has 7 nitrogen and oxygen atoms in total. The molecule has 24 heavy (non-hydrogen) atoms. The highest BCUT2D eigenvalue weighted by molar-refractivity contribution is 5.95. The molecule has 1 atom stereocenters. The van der Waals surface area contributed by atoms with Crippen LogP contribution in [-0.4, -0.2) is 47.0 Å². The molecule has 124 valence electrons. The lowest BCUT2D eigenvalue weighted by atomic mass is 10.2. The first-order chi connectivity index (χ1) is 11.7. The summed E-state index contributed by atoms with van der Waals surface area (Å²) in [5, 5.41) is 7.98. The van der Waals surface area contributed by atoms with Gasteiger partial charge in [-0.15, -0.1) is 5.10 Å². The Balaban J connectivity index is 1.41. The molecule has 1 amide bonds. The van der Waals surface area contributed by atoms with E-state index in [0.717, 1.165) is 12.1 Å². The van der Waals surface area contributed by atoms with Gasteiger partial charge in [0.2, 0.25) is 12.7 Å². The number of aryl methyl sites for hydroxylation is 1. The van der Waals surface area contributed by atoms with Gasteiger partial charge in [-0.25, -0.2) is 0 Å². The molecule has 0 saturated carbocycles. The van der Waals surface area contributed by atoms with Crippen LogP contribution in [0.15, 0.2) is 30.3 Å². The second kappa shape index (κ2) is 5.99. The highest BCUT2D eigenvalue weighted by Crippen LogP contribution is 2.33. The van der Waals surface area contributed by atoms with Crippen molar-refractivity contribution in [2.75, 3.05) is 19.9 Å². The summed E-state index contributed by atoms with van der Waals surface area (Å²) in [7, 11) is 0. The largest absolute Gasteiger partial charge is 0.471 e. The van der Waals surface area contributed by atoms with Gasteiger partial charge in [0, 0.05) is 24.6 Å². The lowest BCUT2D eigenvalue weighted by Gasteiger charge is -2.17. The number of amides is 1. The summed E-state index contributed by atoms with van der Waals surface area (Å²) in [4.78, 5) is 14.4. The predicted molar refractivity (Wildman–Crippen MR) is 84.3 cm³/mol. The van der Waals surface area contributed by atoms with Gasteiger partial charge < -0.3 is 19.1 Å². The molecule has 0 radical (unpaired) electrons. The van der Waals surface area contributed by atoms with Gasteiger partial charge >= 0.3 is 0 Å². The second-order valence-electron chi connectivity index (χ2n) is 5.86. The van der Waals surface area contributed by atoms with Crippen molar-refractivity contribution < 1.29 is 19.0 Å². The Morgan fingerprint density at radius 2 is 2.08 bits per heavy atom. The van der Waals surface area contributed by atoms with Crippen LogP contribution in [0.5, 0.6) is 17.4 Å². The van der Waals surface area contributed by atoms with Crippen LogP contribution in [-0.2, 0) is 0 Å². The molecule has 1 aromatic carbocycles. The topological polar surface area (TPSA) is 73.8 Å². The van der Waals surface area contributed by atoms with E-state index in [1.807, 2.05) is 13.0 Å². The first kappa shape index (κ1) is 14.7. The van der Waals surface area contributed by atoms with Crippen LogP contribution < -0.4 is 14.2 Å². The molecule has 0 N–H and O–H groups in total. The van der Waals surface area contributed by atoms with Gasteiger partial charge in [-0.1, -0.05) is 0 Å². The maximum Gasteiger partial charge on any atom is 0.254 e. The Morgan fingerprint density at radius 3 is 2.92 bits per heavy atom. The van der Waals surface area contributed by atoms with Crippen molar-refractivity contribution in [3.8, 4) is 17.4 Å². The number of ether oxygens (including phenoxy) is 3. The first-order valence-electron chi connectivity index (χ1n) is 7.85. The van der Waals surface area contributed by atoms with Crippen molar-refractivity contribution in [2.45, 2.75) is 19.4 Å². The first-order valence-corrected chi connectivity index (χ1v) is 7.85. The molecule has 2 aliphatic rings. The van der Waals surface area contributed by atoms with Gasteiger partial charge in [0.1, 0.15) is 6.10 Å². The smallest absolute Gasteiger partial charge is 0.254 e. The molecular weight excluding hydrogens is 310 g/mol. The SMILES string of the molecule is Cc1ccc(O[C@@H]2CCN(C(=O)c3ccc4c(c3)OCO4)C2)nn1. The fourth-order valence-corrected chi connectivity index (χ4v) is 2.84. The molecule has 0 unspecified atom stereocenters. The maximum atomic E-state index is 12.6. The van der Waals surface area contributed by atoms with E-state index in [1.165, 1.54) is 0 Å². The van der Waals surface area contributed by atoms with Gasteiger partial charge in [-0.2, -0.15) is 5.10 Å². The minimum Gasteiger partial charge on any atom is -0.471 e. The molecular formula is C17H17N3O4. The Hall–Kier alpha value is -2.83. The van der Waals surface area contributed by atoms with Crippen molar-refractivity contribution >= 4 is 5.91 Å². The number of likely N-dealkylation sites (tertiary alicyclic amines) is 1. The zero-order valence-electron chi connectivity index (χ0n) is 13.3. The number of fused-ring (bicyclic) bond motifs is 1. The Labute approximate surface area is 139 Å². The lowest BCUT2D eigenvalue weighted by molar-refractivity contribution is 0.0770. The molecule has 3 heterocycles. The third kappa shape index (κ3) is 2.84. The fourth-order valence-electron chi connectivity index (χ4n) is 2.84. The van der Waals surface area contributed by atoms with Gasteiger partial charge in [0.05, 0.1) is 12.2 Å². The molecule has 4 rings (SSSR count). The van der Waals surface area contributed by atoms with E-state index < -0.39 is 0 Å². The van der Waals surface area contributed by atoms with Crippen LogP contribution in [0.1, 0.15) is 22.5 Å². The third-order valence-corrected chi connectivity index (χ3v) is 4.11. The summed E-state index contributed by atoms with van der Waals surface area (Å²) in [5.74, 6) is 1.74. The number of hydrogen-bond donors (Lipinski definition) is 0. The van der Waals surface area contributed by atoms with Crippen LogP contribution in [0, 0.1) is 6.92 Å². The van der Waals surface area contributed by atoms with Crippen LogP contribution >= 0.6 is 0 Å². The van der Waals surface area contributed by atoms with Crippen molar-refractivity contribution in [3.05, 3.63) is 41.6 Å². The van der Waals surface area contributed by atoms with Crippen molar-refractivity contribution in [2.24, 2.45) is 0 Å². The molecule has 0 aliphatic carbocycles. The quantitative estimate of drug-likeness (QED) is 0.856. The number of hydrogen-bond acceptors (Lipinski definition) is 6. The van der Waals surface area contributed by atoms with Crippen LogP contribution in [0.2, 0.25) is 0 Å². The zero-order chi connectivity index (χ0) is 16.5. The van der Waals surface area contributed by atoms with Crippen LogP contribution in [0.3, 0.4) is 0 Å². The van der Waals surface area contributed by atoms with Gasteiger partial charge in [0.25, 0.3) is 5.91 Å². The van der Waals surface area contributed by atoms with Crippen molar-refractivity contribution in [1.82, 2.24) is 15.1 Å². The molecule has 1 fully saturated rings. The van der Waals surface area contributed by atoms with E-state index in [-0.39, 0.29) is 18.8 Å². The van der Waals surface area contributed by atoms with E-state index in [0.29, 0.717) is 36.0 Å². The van der Waals surface area contributed by atoms with E-state index >= 15 is 0 Å². The number of carbonyl (C=O) groups excluding carboxylic acids is 1. The standard InChI is InChI=1S/C17H17N3O4/c1-11-2-5-16(19-18-11)24-13-6-7-20(9-13)17(21)12-3-4-14-15(8-12)23-10-22-14/h2-5,8,13H,6-7,9-10H2,1H3/t13-/m1/s1. The highest BCUT2D eigenvalue weighted by atomic mass is 16.7. The Morgan fingerprint density at radius 1 is 1.21 bits per heavy atom. The highest BCUT2D eigenvalue weighted by Gasteiger charge is 2.29. The maximum absolute atomic E-state index is 12.6. The molecule has 2 aromatic rings. The summed E-state index contributed by atoms with van der Waals surface area (Å²) < 4.78 is 16.4. The van der Waals surface area contributed by atoms with E-state index in [9.17, 15) is 4.79 Å². The molecule has 0 bridgehead atoms. The molecule has 2 aliphatic heterocycles.